The van der Waals surface area contributed by atoms with Gasteiger partial charge in [-0.05, 0) is 30.2 Å². The van der Waals surface area contributed by atoms with Crippen LogP contribution < -0.4 is 0 Å². The Kier molecular flexibility index (Phi) is 4.05. The number of hydrogen-bond acceptors (Lipinski definition) is 2. The number of benzene rings is 1. The summed E-state index contributed by atoms with van der Waals surface area (Å²) in [6, 6.07) is 6.91. The van der Waals surface area contributed by atoms with Gasteiger partial charge in [0.05, 0.1) is 4.92 Å². The number of nitro groups is 1. The van der Waals surface area contributed by atoms with E-state index in [9.17, 15) is 10.1 Å². The molecule has 0 N–H and O–H groups in total. The molecule has 0 radical (unpaired) electrons. The summed E-state index contributed by atoms with van der Waals surface area (Å²) in [4.78, 5) is 10.7. The Morgan fingerprint density at radius 1 is 1.33 bits per heavy atom. The molecule has 1 aromatic carbocycles. The molecule has 1 aliphatic rings. The number of hydrogen-bond donors (Lipinski definition) is 0. The molecule has 0 amide bonds. The SMILES string of the molecule is CC1(C(Br)Cc2ccc([N+](=O)[O-])cc2)CCCC1. The first kappa shape index (κ1) is 13.5. The Balaban J connectivity index is 2.02. The molecule has 0 spiro atoms. The largest absolute Gasteiger partial charge is 0.269 e. The Hall–Kier alpha value is -0.900. The third kappa shape index (κ3) is 2.91. The summed E-state index contributed by atoms with van der Waals surface area (Å²) in [5.74, 6) is 0. The number of rotatable bonds is 4. The average molecular weight is 312 g/mol. The predicted molar refractivity (Wildman–Crippen MR) is 76.1 cm³/mol. The van der Waals surface area contributed by atoms with Crippen LogP contribution in [0.2, 0.25) is 0 Å². The molecule has 4 heteroatoms. The van der Waals surface area contributed by atoms with E-state index in [-0.39, 0.29) is 10.6 Å². The minimum Gasteiger partial charge on any atom is -0.258 e. The highest BCUT2D eigenvalue weighted by molar-refractivity contribution is 9.09. The van der Waals surface area contributed by atoms with E-state index in [1.165, 1.54) is 25.7 Å². The van der Waals surface area contributed by atoms with Gasteiger partial charge in [-0.25, -0.2) is 0 Å². The Labute approximate surface area is 116 Å². The molecule has 18 heavy (non-hydrogen) atoms. The molecule has 0 bridgehead atoms. The number of nitrogens with zero attached hydrogens (tertiary/aromatic N) is 1. The van der Waals surface area contributed by atoms with E-state index in [0.29, 0.717) is 10.2 Å². The van der Waals surface area contributed by atoms with Crippen molar-refractivity contribution in [3.63, 3.8) is 0 Å². The highest BCUT2D eigenvalue weighted by Gasteiger charge is 2.35. The first-order valence-electron chi connectivity index (χ1n) is 6.39. The minimum absolute atomic E-state index is 0.164. The number of alkyl halides is 1. The van der Waals surface area contributed by atoms with Crippen molar-refractivity contribution in [2.45, 2.75) is 43.9 Å². The van der Waals surface area contributed by atoms with Crippen LogP contribution in [-0.2, 0) is 6.42 Å². The fourth-order valence-corrected chi connectivity index (χ4v) is 3.53. The summed E-state index contributed by atoms with van der Waals surface area (Å²) < 4.78 is 0. The number of non-ortho nitro benzene ring substituents is 1. The lowest BCUT2D eigenvalue weighted by Gasteiger charge is -2.29. The Morgan fingerprint density at radius 3 is 2.39 bits per heavy atom. The van der Waals surface area contributed by atoms with Crippen LogP contribution in [0.4, 0.5) is 5.69 Å². The second-order valence-corrected chi connectivity index (χ2v) is 6.56. The molecule has 1 atom stereocenters. The van der Waals surface area contributed by atoms with Gasteiger partial charge in [-0.2, -0.15) is 0 Å². The lowest BCUT2D eigenvalue weighted by atomic mass is 9.82. The summed E-state index contributed by atoms with van der Waals surface area (Å²) >= 11 is 3.81. The Morgan fingerprint density at radius 2 is 1.89 bits per heavy atom. The van der Waals surface area contributed by atoms with E-state index in [4.69, 9.17) is 0 Å². The van der Waals surface area contributed by atoms with Crippen molar-refractivity contribution in [2.24, 2.45) is 5.41 Å². The van der Waals surface area contributed by atoms with Crippen LogP contribution >= 0.6 is 15.9 Å². The normalized spacial score (nSPS) is 19.7. The van der Waals surface area contributed by atoms with Crippen LogP contribution in [0.5, 0.6) is 0 Å². The van der Waals surface area contributed by atoms with Crippen molar-refractivity contribution in [1.29, 1.82) is 0 Å². The zero-order chi connectivity index (χ0) is 13.2. The molecule has 3 nitrogen and oxygen atoms in total. The maximum absolute atomic E-state index is 10.6. The number of halogens is 1. The quantitative estimate of drug-likeness (QED) is 0.467. The van der Waals surface area contributed by atoms with Crippen LogP contribution in [0.15, 0.2) is 24.3 Å². The highest BCUT2D eigenvalue weighted by atomic mass is 79.9. The minimum atomic E-state index is -0.353. The summed E-state index contributed by atoms with van der Waals surface area (Å²) in [6.07, 6.45) is 6.12. The van der Waals surface area contributed by atoms with Gasteiger partial charge in [-0.3, -0.25) is 10.1 Å². The van der Waals surface area contributed by atoms with E-state index >= 15 is 0 Å². The van der Waals surface area contributed by atoms with Crippen molar-refractivity contribution in [1.82, 2.24) is 0 Å². The first-order chi connectivity index (χ1) is 8.51. The zero-order valence-electron chi connectivity index (χ0n) is 10.6. The highest BCUT2D eigenvalue weighted by Crippen LogP contribution is 2.44. The first-order valence-corrected chi connectivity index (χ1v) is 7.30. The second-order valence-electron chi connectivity index (χ2n) is 5.46. The summed E-state index contributed by atoms with van der Waals surface area (Å²) in [5.41, 5.74) is 1.70. The van der Waals surface area contributed by atoms with Crippen LogP contribution in [-0.4, -0.2) is 9.75 Å². The molecule has 0 heterocycles. The molecule has 1 aromatic rings. The number of nitro benzene ring substituents is 1. The van der Waals surface area contributed by atoms with Crippen LogP contribution in [0, 0.1) is 15.5 Å². The maximum Gasteiger partial charge on any atom is 0.269 e. The fraction of sp³-hybridized carbons (Fsp3) is 0.571. The van der Waals surface area contributed by atoms with Gasteiger partial charge in [0.2, 0.25) is 0 Å². The molecule has 1 aliphatic carbocycles. The van der Waals surface area contributed by atoms with Gasteiger partial charge in [0, 0.05) is 17.0 Å². The standard InChI is InChI=1S/C14H18BrNO2/c1-14(8-2-3-9-14)13(15)10-11-4-6-12(7-5-11)16(17)18/h4-7,13H,2-3,8-10H2,1H3. The molecule has 0 saturated heterocycles. The maximum atomic E-state index is 10.6. The van der Waals surface area contributed by atoms with Crippen molar-refractivity contribution in [3.8, 4) is 0 Å². The molecule has 98 valence electrons. The summed E-state index contributed by atoms with van der Waals surface area (Å²) in [5, 5.41) is 10.6. The molecule has 1 fully saturated rings. The van der Waals surface area contributed by atoms with Crippen molar-refractivity contribution in [3.05, 3.63) is 39.9 Å². The van der Waals surface area contributed by atoms with E-state index in [1.54, 1.807) is 12.1 Å². The van der Waals surface area contributed by atoms with Gasteiger partial charge in [0.1, 0.15) is 0 Å². The molecule has 1 saturated carbocycles. The van der Waals surface area contributed by atoms with Crippen molar-refractivity contribution < 1.29 is 4.92 Å². The van der Waals surface area contributed by atoms with E-state index in [2.05, 4.69) is 22.9 Å². The molecule has 0 aliphatic heterocycles. The molecule has 0 aromatic heterocycles. The van der Waals surface area contributed by atoms with E-state index < -0.39 is 0 Å². The Bertz CT molecular complexity index is 424. The average Bonchev–Trinajstić information content (AvgIpc) is 2.78. The van der Waals surface area contributed by atoms with Gasteiger partial charge < -0.3 is 0 Å². The van der Waals surface area contributed by atoms with Crippen LogP contribution in [0.25, 0.3) is 0 Å². The van der Waals surface area contributed by atoms with Gasteiger partial charge in [0.15, 0.2) is 0 Å². The third-order valence-corrected chi connectivity index (χ3v) is 5.49. The summed E-state index contributed by atoms with van der Waals surface area (Å²) in [6.45, 7) is 2.34. The molecular weight excluding hydrogens is 294 g/mol. The van der Waals surface area contributed by atoms with Gasteiger partial charge in [0.25, 0.3) is 5.69 Å². The summed E-state index contributed by atoms with van der Waals surface area (Å²) in [7, 11) is 0. The van der Waals surface area contributed by atoms with Crippen LogP contribution in [0.3, 0.4) is 0 Å². The second kappa shape index (κ2) is 5.39. The smallest absolute Gasteiger partial charge is 0.258 e. The lowest BCUT2D eigenvalue weighted by Crippen LogP contribution is -2.26. The van der Waals surface area contributed by atoms with Crippen molar-refractivity contribution >= 4 is 21.6 Å². The molecule has 1 unspecified atom stereocenters. The topological polar surface area (TPSA) is 43.1 Å². The molecular formula is C14H18BrNO2. The van der Waals surface area contributed by atoms with Gasteiger partial charge >= 0.3 is 0 Å². The van der Waals surface area contributed by atoms with Crippen LogP contribution in [0.1, 0.15) is 38.2 Å². The monoisotopic (exact) mass is 311 g/mol. The van der Waals surface area contributed by atoms with Gasteiger partial charge in [-0.1, -0.05) is 47.8 Å². The predicted octanol–water partition coefficient (Wildman–Crippen LogP) is 4.48. The third-order valence-electron chi connectivity index (χ3n) is 4.06. The molecule has 2 rings (SSSR count). The van der Waals surface area contributed by atoms with Gasteiger partial charge in [-0.15, -0.1) is 0 Å². The lowest BCUT2D eigenvalue weighted by molar-refractivity contribution is -0.384. The van der Waals surface area contributed by atoms with Crippen molar-refractivity contribution in [2.75, 3.05) is 0 Å². The zero-order valence-corrected chi connectivity index (χ0v) is 12.1. The van der Waals surface area contributed by atoms with E-state index in [1.807, 2.05) is 12.1 Å². The van der Waals surface area contributed by atoms with E-state index in [0.717, 1.165) is 12.0 Å². The fourth-order valence-electron chi connectivity index (χ4n) is 2.70.